The molecule has 0 saturated carbocycles. The van der Waals surface area contributed by atoms with E-state index < -0.39 is 23.5 Å². The van der Waals surface area contributed by atoms with Gasteiger partial charge in [-0.3, -0.25) is 0 Å². The third-order valence-electron chi connectivity index (χ3n) is 2.77. The number of ether oxygens (including phenoxy) is 1. The van der Waals surface area contributed by atoms with Crippen LogP contribution >= 0.6 is 0 Å². The van der Waals surface area contributed by atoms with Gasteiger partial charge < -0.3 is 9.84 Å². The van der Waals surface area contributed by atoms with Crippen molar-refractivity contribution in [3.63, 3.8) is 0 Å². The maximum absolute atomic E-state index is 13.6. The lowest BCUT2D eigenvalue weighted by Gasteiger charge is -2.34. The topological polar surface area (TPSA) is 29.5 Å². The number of benzene rings is 1. The fraction of sp³-hybridized carbons (Fsp3) is 0.385. The number of rotatable bonds is 5. The largest absolute Gasteiger partial charge is 0.487 e. The predicted octanol–water partition coefficient (Wildman–Crippen LogP) is 3.67. The van der Waals surface area contributed by atoms with Crippen LogP contribution in [-0.2, 0) is 11.3 Å². The number of halogens is 5. The minimum absolute atomic E-state index is 0.0238. The monoisotopic (exact) mass is 296 g/mol. The molecule has 0 amide bonds. The zero-order valence-electron chi connectivity index (χ0n) is 10.5. The molecule has 0 radical (unpaired) electrons. The van der Waals surface area contributed by atoms with E-state index in [2.05, 4.69) is 11.3 Å². The molecule has 0 fully saturated rings. The first-order valence-corrected chi connectivity index (χ1v) is 5.53. The Morgan fingerprint density at radius 3 is 2.10 bits per heavy atom. The first-order valence-electron chi connectivity index (χ1n) is 5.53. The third kappa shape index (κ3) is 3.09. The van der Waals surface area contributed by atoms with Gasteiger partial charge in [0.15, 0.2) is 5.76 Å². The van der Waals surface area contributed by atoms with Gasteiger partial charge >= 0.3 is 12.1 Å². The Labute approximate surface area is 112 Å². The molecular weight excluding hydrogens is 283 g/mol. The van der Waals surface area contributed by atoms with Crippen molar-refractivity contribution in [2.75, 3.05) is 0 Å². The van der Waals surface area contributed by atoms with Gasteiger partial charge in [-0.2, -0.15) is 22.0 Å². The van der Waals surface area contributed by atoms with Gasteiger partial charge in [0.05, 0.1) is 0 Å². The Hall–Kier alpha value is -1.63. The van der Waals surface area contributed by atoms with Crippen molar-refractivity contribution < 1.29 is 31.8 Å². The highest BCUT2D eigenvalue weighted by Gasteiger charge is 2.67. The van der Waals surface area contributed by atoms with Crippen LogP contribution in [-0.4, -0.2) is 22.8 Å². The van der Waals surface area contributed by atoms with Crippen LogP contribution in [0.4, 0.5) is 22.0 Å². The van der Waals surface area contributed by atoms with E-state index in [1.54, 1.807) is 30.3 Å². The first-order chi connectivity index (χ1) is 9.00. The molecule has 1 rings (SSSR count). The van der Waals surface area contributed by atoms with Gasteiger partial charge in [0, 0.05) is 0 Å². The highest BCUT2D eigenvalue weighted by molar-refractivity contribution is 5.16. The maximum atomic E-state index is 13.6. The van der Waals surface area contributed by atoms with Crippen LogP contribution in [0.2, 0.25) is 0 Å². The summed E-state index contributed by atoms with van der Waals surface area (Å²) in [4.78, 5) is 0. The van der Waals surface area contributed by atoms with Crippen molar-refractivity contribution in [1.29, 1.82) is 0 Å². The number of hydrogen-bond acceptors (Lipinski definition) is 2. The van der Waals surface area contributed by atoms with Crippen LogP contribution in [0.1, 0.15) is 12.5 Å². The summed E-state index contributed by atoms with van der Waals surface area (Å²) in [5, 5.41) is 9.03. The Kier molecular flexibility index (Phi) is 4.43. The molecule has 112 valence electrons. The highest BCUT2D eigenvalue weighted by atomic mass is 19.4. The van der Waals surface area contributed by atoms with Gasteiger partial charge in [-0.15, -0.1) is 0 Å². The SMILES string of the molecule is C=C(OCc1ccccc1)C(F)(F)C(C)(O)C(F)(F)F. The molecule has 0 saturated heterocycles. The van der Waals surface area contributed by atoms with Crippen LogP contribution in [0.5, 0.6) is 0 Å². The molecule has 1 aromatic rings. The molecule has 1 aromatic carbocycles. The molecule has 7 heteroatoms. The smallest absolute Gasteiger partial charge is 0.423 e. The van der Waals surface area contributed by atoms with Crippen molar-refractivity contribution >= 4 is 0 Å². The predicted molar refractivity (Wildman–Crippen MR) is 62.0 cm³/mol. The summed E-state index contributed by atoms with van der Waals surface area (Å²) in [7, 11) is 0. The molecule has 0 aromatic heterocycles. The zero-order valence-corrected chi connectivity index (χ0v) is 10.5. The molecule has 1 unspecified atom stereocenters. The summed E-state index contributed by atoms with van der Waals surface area (Å²) >= 11 is 0. The Bertz CT molecular complexity index is 465. The summed E-state index contributed by atoms with van der Waals surface area (Å²) in [5.74, 6) is -6.11. The molecule has 0 bridgehead atoms. The molecular formula is C13H13F5O2. The Balaban J connectivity index is 2.80. The minimum Gasteiger partial charge on any atom is -0.487 e. The van der Waals surface area contributed by atoms with Gasteiger partial charge in [-0.25, -0.2) is 0 Å². The molecule has 1 N–H and O–H groups in total. The van der Waals surface area contributed by atoms with E-state index >= 15 is 0 Å². The van der Waals surface area contributed by atoms with E-state index in [1.807, 2.05) is 0 Å². The summed E-state index contributed by atoms with van der Waals surface area (Å²) < 4.78 is 69.0. The van der Waals surface area contributed by atoms with E-state index in [0.29, 0.717) is 5.56 Å². The van der Waals surface area contributed by atoms with Gasteiger partial charge in [0.2, 0.25) is 5.60 Å². The molecule has 1 atom stereocenters. The normalized spacial score (nSPS) is 15.6. The summed E-state index contributed by atoms with van der Waals surface area (Å²) in [6.07, 6.45) is -5.52. The van der Waals surface area contributed by atoms with E-state index in [9.17, 15) is 22.0 Å². The lowest BCUT2D eigenvalue weighted by molar-refractivity contribution is -0.320. The van der Waals surface area contributed by atoms with Crippen LogP contribution < -0.4 is 0 Å². The lowest BCUT2D eigenvalue weighted by Crippen LogP contribution is -2.57. The quantitative estimate of drug-likeness (QED) is 0.663. The van der Waals surface area contributed by atoms with Crippen LogP contribution in [0.25, 0.3) is 0 Å². The van der Waals surface area contributed by atoms with Crippen LogP contribution in [0.15, 0.2) is 42.7 Å². The van der Waals surface area contributed by atoms with E-state index in [1.165, 1.54) is 0 Å². The average Bonchev–Trinajstić information content (AvgIpc) is 2.35. The van der Waals surface area contributed by atoms with Gasteiger partial charge in [-0.05, 0) is 12.5 Å². The van der Waals surface area contributed by atoms with Crippen LogP contribution in [0, 0.1) is 0 Å². The van der Waals surface area contributed by atoms with Crippen molar-refractivity contribution in [2.24, 2.45) is 0 Å². The summed E-state index contributed by atoms with van der Waals surface area (Å²) in [5.41, 5.74) is -3.77. The van der Waals surface area contributed by atoms with Crippen molar-refractivity contribution in [2.45, 2.75) is 31.2 Å². The fourth-order valence-corrected chi connectivity index (χ4v) is 1.28. The number of aliphatic hydroxyl groups is 1. The van der Waals surface area contributed by atoms with Crippen molar-refractivity contribution in [1.82, 2.24) is 0 Å². The second kappa shape index (κ2) is 5.40. The molecule has 0 aliphatic carbocycles. The maximum Gasteiger partial charge on any atom is 0.423 e. The lowest BCUT2D eigenvalue weighted by atomic mass is 9.96. The third-order valence-corrected chi connectivity index (χ3v) is 2.77. The Morgan fingerprint density at radius 2 is 1.65 bits per heavy atom. The second-order valence-electron chi connectivity index (χ2n) is 4.34. The van der Waals surface area contributed by atoms with Gasteiger partial charge in [-0.1, -0.05) is 36.9 Å². The van der Waals surface area contributed by atoms with Crippen LogP contribution in [0.3, 0.4) is 0 Å². The molecule has 0 spiro atoms. The molecule has 2 nitrogen and oxygen atoms in total. The number of alkyl halides is 5. The second-order valence-corrected chi connectivity index (χ2v) is 4.34. The van der Waals surface area contributed by atoms with E-state index in [0.717, 1.165) is 0 Å². The average molecular weight is 296 g/mol. The first kappa shape index (κ1) is 16.4. The fourth-order valence-electron chi connectivity index (χ4n) is 1.28. The number of hydrogen-bond donors (Lipinski definition) is 1. The minimum atomic E-state index is -5.52. The van der Waals surface area contributed by atoms with Crippen molar-refractivity contribution in [3.05, 3.63) is 48.2 Å². The summed E-state index contributed by atoms with van der Waals surface area (Å²) in [6, 6.07) is 8.01. The molecule has 20 heavy (non-hydrogen) atoms. The Morgan fingerprint density at radius 1 is 1.15 bits per heavy atom. The molecule has 0 aliphatic rings. The standard InChI is InChI=1S/C13H13F5O2/c1-9(20-8-10-6-4-3-5-7-10)12(14,15)11(2,19)13(16,17)18/h3-7,19H,1,8H2,2H3. The van der Waals surface area contributed by atoms with E-state index in [-0.39, 0.29) is 13.5 Å². The highest BCUT2D eigenvalue weighted by Crippen LogP contribution is 2.45. The van der Waals surface area contributed by atoms with E-state index in [4.69, 9.17) is 5.11 Å². The zero-order chi connectivity index (χ0) is 15.6. The molecule has 0 aliphatic heterocycles. The molecule has 0 heterocycles. The van der Waals surface area contributed by atoms with Gasteiger partial charge in [0.25, 0.3) is 0 Å². The summed E-state index contributed by atoms with van der Waals surface area (Å²) in [6.45, 7) is 2.39. The van der Waals surface area contributed by atoms with Gasteiger partial charge in [0.1, 0.15) is 6.61 Å². The van der Waals surface area contributed by atoms with Crippen molar-refractivity contribution in [3.8, 4) is 0 Å².